The molecule has 1 saturated heterocycles. The van der Waals surface area contributed by atoms with E-state index < -0.39 is 18.0 Å². The lowest BCUT2D eigenvalue weighted by Crippen LogP contribution is -2.30. The number of rotatable bonds is 5. The Morgan fingerprint density at radius 2 is 1.61 bits per heavy atom. The Kier molecular flexibility index (Phi) is 5.49. The maximum absolute atomic E-state index is 12.5. The summed E-state index contributed by atoms with van der Waals surface area (Å²) in [4.78, 5) is 49.9. The molecule has 0 unspecified atom stereocenters. The molecule has 1 N–H and O–H groups in total. The summed E-state index contributed by atoms with van der Waals surface area (Å²) < 4.78 is 5.29. The number of carbonyl (C=O) groups excluding carboxylic acids is 4. The first-order valence-corrected chi connectivity index (χ1v) is 9.89. The molecule has 0 aromatic heterocycles. The number of anilines is 2. The van der Waals surface area contributed by atoms with Crippen LogP contribution >= 0.6 is 0 Å². The Morgan fingerprint density at radius 3 is 2.35 bits per heavy atom. The van der Waals surface area contributed by atoms with Crippen molar-refractivity contribution in [3.63, 3.8) is 0 Å². The first kappa shape index (κ1) is 20.3. The first-order chi connectivity index (χ1) is 14.9. The maximum Gasteiger partial charge on any atom is 0.338 e. The van der Waals surface area contributed by atoms with Crippen molar-refractivity contribution in [2.75, 3.05) is 10.2 Å². The minimum absolute atomic E-state index is 0.148. The van der Waals surface area contributed by atoms with Crippen molar-refractivity contribution in [3.8, 4) is 0 Å². The smallest absolute Gasteiger partial charge is 0.338 e. The summed E-state index contributed by atoms with van der Waals surface area (Å²) in [6.45, 7) is 1.48. The van der Waals surface area contributed by atoms with E-state index in [2.05, 4.69) is 5.32 Å². The highest BCUT2D eigenvalue weighted by Crippen LogP contribution is 2.24. The van der Waals surface area contributed by atoms with Crippen LogP contribution in [-0.2, 0) is 19.1 Å². The number of esters is 1. The number of benzene rings is 3. The average Bonchev–Trinajstić information content (AvgIpc) is 3.11. The van der Waals surface area contributed by atoms with Gasteiger partial charge < -0.3 is 10.1 Å². The van der Waals surface area contributed by atoms with Crippen LogP contribution < -0.4 is 10.2 Å². The van der Waals surface area contributed by atoms with E-state index in [-0.39, 0.29) is 30.2 Å². The molecule has 31 heavy (non-hydrogen) atoms. The molecular weight excluding hydrogens is 396 g/mol. The largest absolute Gasteiger partial charge is 0.449 e. The molecule has 3 aromatic carbocycles. The highest BCUT2D eigenvalue weighted by Gasteiger charge is 2.30. The maximum atomic E-state index is 12.5. The van der Waals surface area contributed by atoms with Crippen molar-refractivity contribution < 1.29 is 23.9 Å². The third-order valence-electron chi connectivity index (χ3n) is 5.06. The lowest BCUT2D eigenvalue weighted by atomic mass is 10.1. The number of nitrogens with one attached hydrogen (secondary N) is 1. The van der Waals surface area contributed by atoms with Crippen molar-refractivity contribution in [2.45, 2.75) is 25.9 Å². The molecule has 0 bridgehead atoms. The summed E-state index contributed by atoms with van der Waals surface area (Å²) in [5.41, 5.74) is 1.06. The van der Waals surface area contributed by atoms with Crippen LogP contribution in [-0.4, -0.2) is 29.8 Å². The second-order valence-electron chi connectivity index (χ2n) is 7.27. The SMILES string of the molecule is C[C@H](OC(=O)c1cccc(N2C(=O)CCC2=O)c1)C(=O)Nc1ccc2ccccc2c1. The molecule has 1 atom stereocenters. The molecule has 7 nitrogen and oxygen atoms in total. The van der Waals surface area contributed by atoms with E-state index in [1.165, 1.54) is 19.1 Å². The average molecular weight is 416 g/mol. The quantitative estimate of drug-likeness (QED) is 0.506. The van der Waals surface area contributed by atoms with Gasteiger partial charge in [-0.2, -0.15) is 0 Å². The van der Waals surface area contributed by atoms with E-state index in [4.69, 9.17) is 4.74 Å². The van der Waals surface area contributed by atoms with Crippen LogP contribution in [0.25, 0.3) is 10.8 Å². The molecule has 156 valence electrons. The van der Waals surface area contributed by atoms with Crippen molar-refractivity contribution in [3.05, 3.63) is 72.3 Å². The number of hydrogen-bond donors (Lipinski definition) is 1. The van der Waals surface area contributed by atoms with Crippen molar-refractivity contribution in [1.82, 2.24) is 0 Å². The van der Waals surface area contributed by atoms with Crippen LogP contribution in [0.2, 0.25) is 0 Å². The molecule has 1 aliphatic heterocycles. The summed E-state index contributed by atoms with van der Waals surface area (Å²) in [5, 5.41) is 4.77. The summed E-state index contributed by atoms with van der Waals surface area (Å²) in [6.07, 6.45) is -0.739. The van der Waals surface area contributed by atoms with Gasteiger partial charge in [0, 0.05) is 18.5 Å². The fraction of sp³-hybridized carbons (Fsp3) is 0.167. The van der Waals surface area contributed by atoms with Crippen LogP contribution in [0, 0.1) is 0 Å². The fourth-order valence-electron chi connectivity index (χ4n) is 3.43. The number of carbonyl (C=O) groups is 4. The Morgan fingerprint density at radius 1 is 0.903 bits per heavy atom. The molecule has 1 fully saturated rings. The van der Waals surface area contributed by atoms with Crippen LogP contribution in [0.3, 0.4) is 0 Å². The molecule has 7 heteroatoms. The molecule has 0 saturated carbocycles. The topological polar surface area (TPSA) is 92.8 Å². The Balaban J connectivity index is 1.43. The number of amides is 3. The molecule has 1 aliphatic rings. The summed E-state index contributed by atoms with van der Waals surface area (Å²) in [6, 6.07) is 19.3. The molecule has 0 spiro atoms. The Labute approximate surface area is 178 Å². The van der Waals surface area contributed by atoms with E-state index >= 15 is 0 Å². The van der Waals surface area contributed by atoms with Gasteiger partial charge in [-0.1, -0.05) is 36.4 Å². The van der Waals surface area contributed by atoms with Gasteiger partial charge >= 0.3 is 5.97 Å². The lowest BCUT2D eigenvalue weighted by Gasteiger charge is -2.16. The van der Waals surface area contributed by atoms with Crippen LogP contribution in [0.15, 0.2) is 66.7 Å². The monoisotopic (exact) mass is 416 g/mol. The van der Waals surface area contributed by atoms with Gasteiger partial charge in [-0.3, -0.25) is 19.3 Å². The Hall–Kier alpha value is -4.00. The van der Waals surface area contributed by atoms with Crippen LogP contribution in [0.1, 0.15) is 30.1 Å². The predicted octanol–water partition coefficient (Wildman–Crippen LogP) is 3.68. The zero-order valence-electron chi connectivity index (χ0n) is 16.8. The summed E-state index contributed by atoms with van der Waals surface area (Å²) >= 11 is 0. The van der Waals surface area contributed by atoms with E-state index in [0.29, 0.717) is 11.4 Å². The number of fused-ring (bicyclic) bond motifs is 1. The third kappa shape index (κ3) is 4.30. The van der Waals surface area contributed by atoms with Gasteiger partial charge in [0.2, 0.25) is 11.8 Å². The molecule has 0 radical (unpaired) electrons. The van der Waals surface area contributed by atoms with E-state index in [1.807, 2.05) is 36.4 Å². The molecular formula is C24H20N2O5. The van der Waals surface area contributed by atoms with Gasteiger partial charge in [-0.15, -0.1) is 0 Å². The Bertz CT molecular complexity index is 1190. The molecule has 1 heterocycles. The molecule has 3 amide bonds. The first-order valence-electron chi connectivity index (χ1n) is 9.89. The van der Waals surface area contributed by atoms with Crippen molar-refractivity contribution >= 4 is 45.8 Å². The number of imide groups is 1. The summed E-state index contributed by atoms with van der Waals surface area (Å²) in [7, 11) is 0. The van der Waals surface area contributed by atoms with Crippen molar-refractivity contribution in [1.29, 1.82) is 0 Å². The molecule has 0 aliphatic carbocycles. The standard InChI is InChI=1S/C24H20N2O5/c1-15(23(29)25-19-10-9-16-5-2-3-6-17(16)13-19)31-24(30)18-7-4-8-20(14-18)26-21(27)11-12-22(26)28/h2-10,13-15H,11-12H2,1H3,(H,25,29)/t15-/m0/s1. The summed E-state index contributed by atoms with van der Waals surface area (Å²) in [5.74, 6) is -1.80. The fourth-order valence-corrected chi connectivity index (χ4v) is 3.43. The minimum Gasteiger partial charge on any atom is -0.449 e. The number of nitrogens with zero attached hydrogens (tertiary/aromatic N) is 1. The number of hydrogen-bond acceptors (Lipinski definition) is 5. The van der Waals surface area contributed by atoms with Gasteiger partial charge in [-0.05, 0) is 48.0 Å². The van der Waals surface area contributed by atoms with Gasteiger partial charge in [-0.25, -0.2) is 4.79 Å². The molecule has 4 rings (SSSR count). The van der Waals surface area contributed by atoms with E-state index in [1.54, 1.807) is 18.2 Å². The van der Waals surface area contributed by atoms with Crippen LogP contribution in [0.4, 0.5) is 11.4 Å². The third-order valence-corrected chi connectivity index (χ3v) is 5.06. The highest BCUT2D eigenvalue weighted by atomic mass is 16.5. The van der Waals surface area contributed by atoms with Crippen molar-refractivity contribution in [2.24, 2.45) is 0 Å². The van der Waals surface area contributed by atoms with Gasteiger partial charge in [0.25, 0.3) is 5.91 Å². The molecule has 3 aromatic rings. The lowest BCUT2D eigenvalue weighted by molar-refractivity contribution is -0.124. The van der Waals surface area contributed by atoms with Gasteiger partial charge in [0.15, 0.2) is 6.10 Å². The number of ether oxygens (including phenoxy) is 1. The van der Waals surface area contributed by atoms with E-state index in [9.17, 15) is 19.2 Å². The predicted molar refractivity (Wildman–Crippen MR) is 116 cm³/mol. The van der Waals surface area contributed by atoms with Gasteiger partial charge in [0.05, 0.1) is 11.3 Å². The highest BCUT2D eigenvalue weighted by molar-refractivity contribution is 6.20. The van der Waals surface area contributed by atoms with E-state index in [0.717, 1.165) is 15.7 Å². The second-order valence-corrected chi connectivity index (χ2v) is 7.27. The minimum atomic E-state index is -1.04. The van der Waals surface area contributed by atoms with Crippen LogP contribution in [0.5, 0.6) is 0 Å². The normalized spacial score (nSPS) is 14.5. The second kappa shape index (κ2) is 8.39. The van der Waals surface area contributed by atoms with Gasteiger partial charge in [0.1, 0.15) is 0 Å². The zero-order chi connectivity index (χ0) is 22.0. The zero-order valence-corrected chi connectivity index (χ0v) is 16.8.